The third-order valence-electron chi connectivity index (χ3n) is 4.24. The van der Waals surface area contributed by atoms with E-state index >= 15 is 0 Å². The Bertz CT molecular complexity index is 583. The molecule has 0 aromatic heterocycles. The summed E-state index contributed by atoms with van der Waals surface area (Å²) < 4.78 is 0. The molecule has 0 heterocycles. The van der Waals surface area contributed by atoms with Gasteiger partial charge in [0.1, 0.15) is 5.78 Å². The van der Waals surface area contributed by atoms with Gasteiger partial charge in [-0.25, -0.2) is 0 Å². The fourth-order valence-electron chi connectivity index (χ4n) is 3.20. The van der Waals surface area contributed by atoms with Crippen molar-refractivity contribution >= 4 is 5.78 Å². The molecule has 1 aliphatic carbocycles. The smallest absolute Gasteiger partial charge is 0.147 e. The van der Waals surface area contributed by atoms with Gasteiger partial charge >= 0.3 is 0 Å². The lowest BCUT2D eigenvalue weighted by Crippen LogP contribution is -2.32. The first-order chi connectivity index (χ1) is 9.23. The van der Waals surface area contributed by atoms with Crippen molar-refractivity contribution in [2.45, 2.75) is 31.6 Å². The van der Waals surface area contributed by atoms with Crippen LogP contribution in [0.3, 0.4) is 0 Å². The summed E-state index contributed by atoms with van der Waals surface area (Å²) in [5, 5.41) is 0. The second-order valence-electron chi connectivity index (χ2n) is 5.41. The van der Waals surface area contributed by atoms with Crippen molar-refractivity contribution in [2.75, 3.05) is 0 Å². The minimum Gasteiger partial charge on any atom is -0.298 e. The van der Waals surface area contributed by atoms with Crippen LogP contribution >= 0.6 is 0 Å². The van der Waals surface area contributed by atoms with Crippen LogP contribution in [0.4, 0.5) is 0 Å². The van der Waals surface area contributed by atoms with E-state index in [4.69, 9.17) is 0 Å². The Hall–Kier alpha value is -1.89. The average Bonchev–Trinajstić information content (AvgIpc) is 2.83. The zero-order valence-electron chi connectivity index (χ0n) is 11.2. The molecule has 96 valence electrons. The highest BCUT2D eigenvalue weighted by Gasteiger charge is 2.44. The van der Waals surface area contributed by atoms with Crippen molar-refractivity contribution in [3.05, 3.63) is 71.3 Å². The van der Waals surface area contributed by atoms with Crippen LogP contribution in [-0.4, -0.2) is 5.78 Å². The zero-order valence-corrected chi connectivity index (χ0v) is 11.2. The van der Waals surface area contributed by atoms with Gasteiger partial charge in [0.2, 0.25) is 0 Å². The maximum absolute atomic E-state index is 12.6. The average molecular weight is 250 g/mol. The fourth-order valence-corrected chi connectivity index (χ4v) is 3.20. The molecule has 1 heteroatoms. The van der Waals surface area contributed by atoms with Gasteiger partial charge < -0.3 is 0 Å². The number of hydrogen-bond donors (Lipinski definition) is 0. The fraction of sp³-hybridized carbons (Fsp3) is 0.278. The van der Waals surface area contributed by atoms with E-state index in [0.29, 0.717) is 12.2 Å². The van der Waals surface area contributed by atoms with Crippen molar-refractivity contribution in [1.82, 2.24) is 0 Å². The van der Waals surface area contributed by atoms with Gasteiger partial charge in [-0.3, -0.25) is 4.79 Å². The molecular weight excluding hydrogens is 232 g/mol. The molecule has 0 N–H and O–H groups in total. The topological polar surface area (TPSA) is 17.1 Å². The summed E-state index contributed by atoms with van der Waals surface area (Å²) in [5.41, 5.74) is 3.11. The lowest BCUT2D eigenvalue weighted by molar-refractivity contribution is -0.120. The Morgan fingerprint density at radius 3 is 2.11 bits per heavy atom. The first-order valence-corrected chi connectivity index (χ1v) is 6.89. The largest absolute Gasteiger partial charge is 0.298 e. The summed E-state index contributed by atoms with van der Waals surface area (Å²) in [4.78, 5) is 12.6. The van der Waals surface area contributed by atoms with Crippen LogP contribution in [0, 0.1) is 6.92 Å². The molecule has 1 aliphatic rings. The van der Waals surface area contributed by atoms with Gasteiger partial charge in [-0.15, -0.1) is 0 Å². The number of carbonyl (C=O) groups excluding carboxylic acids is 1. The Kier molecular flexibility index (Phi) is 2.98. The number of benzene rings is 2. The van der Waals surface area contributed by atoms with Crippen LogP contribution in [0.25, 0.3) is 0 Å². The molecular formula is C18H18O. The lowest BCUT2D eigenvalue weighted by Gasteiger charge is -2.29. The first kappa shape index (κ1) is 12.2. The second-order valence-corrected chi connectivity index (χ2v) is 5.41. The van der Waals surface area contributed by atoms with Crippen LogP contribution < -0.4 is 0 Å². The molecule has 0 spiro atoms. The van der Waals surface area contributed by atoms with E-state index in [1.54, 1.807) is 0 Å². The van der Waals surface area contributed by atoms with Crippen LogP contribution in [0.5, 0.6) is 0 Å². The van der Waals surface area contributed by atoms with E-state index in [0.717, 1.165) is 24.0 Å². The summed E-state index contributed by atoms with van der Waals surface area (Å²) in [6.07, 6.45) is 2.61. The summed E-state index contributed by atoms with van der Waals surface area (Å²) in [6, 6.07) is 18.7. The van der Waals surface area contributed by atoms with Gasteiger partial charge in [-0.05, 0) is 30.9 Å². The number of hydrogen-bond acceptors (Lipinski definition) is 1. The number of carbonyl (C=O) groups is 1. The summed E-state index contributed by atoms with van der Waals surface area (Å²) in [7, 11) is 0. The van der Waals surface area contributed by atoms with Gasteiger partial charge in [-0.2, -0.15) is 0 Å². The standard InChI is InChI=1S/C18H18O/c1-14-9-11-16(12-10-14)18(13-5-8-17(18)19)15-6-3-2-4-7-15/h2-4,6-7,9-12H,5,8,13H2,1H3. The quantitative estimate of drug-likeness (QED) is 0.786. The Morgan fingerprint density at radius 1 is 0.895 bits per heavy atom. The maximum Gasteiger partial charge on any atom is 0.147 e. The molecule has 2 aromatic rings. The van der Waals surface area contributed by atoms with E-state index in [1.807, 2.05) is 18.2 Å². The molecule has 1 saturated carbocycles. The summed E-state index contributed by atoms with van der Waals surface area (Å²) in [5.74, 6) is 0.363. The molecule has 0 amide bonds. The predicted octanol–water partition coefficient (Wildman–Crippen LogP) is 4.03. The number of Topliss-reactive ketones (excluding diaryl/α,β-unsaturated/α-hetero) is 1. The van der Waals surface area contributed by atoms with Gasteiger partial charge in [0.05, 0.1) is 5.41 Å². The normalized spacial score (nSPS) is 22.7. The Labute approximate surface area is 114 Å². The van der Waals surface area contributed by atoms with Crippen LogP contribution in [-0.2, 0) is 10.2 Å². The SMILES string of the molecule is Cc1ccc(C2(c3ccccc3)CCCC2=O)cc1. The molecule has 0 bridgehead atoms. The molecule has 0 radical (unpaired) electrons. The van der Waals surface area contributed by atoms with E-state index in [1.165, 1.54) is 5.56 Å². The minimum atomic E-state index is -0.408. The minimum absolute atomic E-state index is 0.363. The van der Waals surface area contributed by atoms with Crippen molar-refractivity contribution in [3.8, 4) is 0 Å². The monoisotopic (exact) mass is 250 g/mol. The highest BCUT2D eigenvalue weighted by Crippen LogP contribution is 2.43. The van der Waals surface area contributed by atoms with Gasteiger partial charge in [-0.1, -0.05) is 60.2 Å². The molecule has 2 aromatic carbocycles. The van der Waals surface area contributed by atoms with E-state index in [2.05, 4.69) is 43.3 Å². The Morgan fingerprint density at radius 2 is 1.53 bits per heavy atom. The van der Waals surface area contributed by atoms with Crippen LogP contribution in [0.2, 0.25) is 0 Å². The van der Waals surface area contributed by atoms with E-state index in [-0.39, 0.29) is 0 Å². The molecule has 1 fully saturated rings. The number of rotatable bonds is 2. The molecule has 1 nitrogen and oxygen atoms in total. The third-order valence-corrected chi connectivity index (χ3v) is 4.24. The van der Waals surface area contributed by atoms with Crippen molar-refractivity contribution < 1.29 is 4.79 Å². The molecule has 1 unspecified atom stereocenters. The highest BCUT2D eigenvalue weighted by molar-refractivity contribution is 5.95. The Balaban J connectivity index is 2.18. The molecule has 19 heavy (non-hydrogen) atoms. The molecule has 0 saturated heterocycles. The summed E-state index contributed by atoms with van der Waals surface area (Å²) >= 11 is 0. The van der Waals surface area contributed by atoms with Crippen molar-refractivity contribution in [1.29, 1.82) is 0 Å². The summed E-state index contributed by atoms with van der Waals surface area (Å²) in [6.45, 7) is 2.08. The molecule has 3 rings (SSSR count). The zero-order chi connectivity index (χ0) is 13.3. The van der Waals surface area contributed by atoms with Crippen LogP contribution in [0.1, 0.15) is 36.0 Å². The molecule has 1 atom stereocenters. The predicted molar refractivity (Wildman–Crippen MR) is 77.3 cm³/mol. The maximum atomic E-state index is 12.6. The van der Waals surface area contributed by atoms with Gasteiger partial charge in [0, 0.05) is 6.42 Å². The van der Waals surface area contributed by atoms with E-state index in [9.17, 15) is 4.79 Å². The van der Waals surface area contributed by atoms with Gasteiger partial charge in [0.25, 0.3) is 0 Å². The first-order valence-electron chi connectivity index (χ1n) is 6.89. The van der Waals surface area contributed by atoms with Crippen LogP contribution in [0.15, 0.2) is 54.6 Å². The number of aryl methyl sites for hydroxylation is 1. The number of ketones is 1. The third kappa shape index (κ3) is 1.90. The van der Waals surface area contributed by atoms with Gasteiger partial charge in [0.15, 0.2) is 0 Å². The lowest BCUT2D eigenvalue weighted by atomic mass is 9.72. The van der Waals surface area contributed by atoms with Crippen molar-refractivity contribution in [2.24, 2.45) is 0 Å². The highest BCUT2D eigenvalue weighted by atomic mass is 16.1. The van der Waals surface area contributed by atoms with E-state index < -0.39 is 5.41 Å². The second kappa shape index (κ2) is 4.65. The van der Waals surface area contributed by atoms with Crippen molar-refractivity contribution in [3.63, 3.8) is 0 Å². The molecule has 0 aliphatic heterocycles.